The molecular weight excluding hydrogens is 308 g/mol. The second-order valence-corrected chi connectivity index (χ2v) is 6.48. The van der Waals surface area contributed by atoms with E-state index in [-0.39, 0.29) is 0 Å². The molecule has 0 aliphatic heterocycles. The molecule has 1 heterocycles. The minimum Gasteiger partial charge on any atom is -0.363 e. The second kappa shape index (κ2) is 7.26. The van der Waals surface area contributed by atoms with Crippen LogP contribution in [0.3, 0.4) is 0 Å². The van der Waals surface area contributed by atoms with E-state index in [2.05, 4.69) is 78.0 Å². The summed E-state index contributed by atoms with van der Waals surface area (Å²) in [5, 5.41) is 6.84. The van der Waals surface area contributed by atoms with Crippen molar-refractivity contribution in [3.8, 4) is 0 Å². The number of pyridine rings is 1. The third-order valence-corrected chi connectivity index (χ3v) is 3.93. The van der Waals surface area contributed by atoms with Crippen molar-refractivity contribution in [1.82, 2.24) is 4.98 Å². The van der Waals surface area contributed by atoms with Crippen LogP contribution in [0.15, 0.2) is 60.7 Å². The van der Waals surface area contributed by atoms with Gasteiger partial charge in [0.2, 0.25) is 0 Å². The third kappa shape index (κ3) is 4.51. The van der Waals surface area contributed by atoms with Gasteiger partial charge in [-0.15, -0.1) is 0 Å². The molecule has 3 aromatic rings. The lowest BCUT2D eigenvalue weighted by Crippen LogP contribution is -2.12. The fraction of sp³-hybridized carbons (Fsp3) is 0.190. The summed E-state index contributed by atoms with van der Waals surface area (Å²) in [6.45, 7) is 4.17. The van der Waals surface area contributed by atoms with Gasteiger partial charge in [0.05, 0.1) is 0 Å². The largest absolute Gasteiger partial charge is 0.363 e. The van der Waals surface area contributed by atoms with E-state index in [1.165, 1.54) is 11.1 Å². The number of benzene rings is 2. The third-order valence-electron chi connectivity index (χ3n) is 3.93. The molecule has 2 aromatic carbocycles. The summed E-state index contributed by atoms with van der Waals surface area (Å²) in [7, 11) is 3.99. The Bertz CT molecular complexity index is 771. The van der Waals surface area contributed by atoms with Gasteiger partial charge < -0.3 is 15.5 Å². The molecule has 0 bridgehead atoms. The molecule has 3 rings (SSSR count). The predicted molar refractivity (Wildman–Crippen MR) is 107 cm³/mol. The summed E-state index contributed by atoms with van der Waals surface area (Å²) in [4.78, 5) is 6.68. The van der Waals surface area contributed by atoms with Crippen molar-refractivity contribution in [3.05, 3.63) is 71.8 Å². The molecule has 0 atom stereocenters. The number of aryl methyl sites for hydroxylation is 2. The first-order valence-corrected chi connectivity index (χ1v) is 8.36. The predicted octanol–water partition coefficient (Wildman–Crippen LogP) is 5.25. The van der Waals surface area contributed by atoms with Crippen LogP contribution in [0.2, 0.25) is 0 Å². The molecule has 25 heavy (non-hydrogen) atoms. The van der Waals surface area contributed by atoms with E-state index in [1.807, 2.05) is 31.1 Å². The minimum atomic E-state index is 0.810. The summed E-state index contributed by atoms with van der Waals surface area (Å²) < 4.78 is 0. The molecule has 1 aromatic heterocycles. The molecule has 0 aliphatic rings. The van der Waals surface area contributed by atoms with Crippen molar-refractivity contribution in [2.45, 2.75) is 13.8 Å². The fourth-order valence-electron chi connectivity index (χ4n) is 2.47. The normalized spacial score (nSPS) is 10.4. The van der Waals surface area contributed by atoms with Gasteiger partial charge in [0.15, 0.2) is 0 Å². The zero-order valence-electron chi connectivity index (χ0n) is 15.2. The Morgan fingerprint density at radius 1 is 0.680 bits per heavy atom. The number of aromatic nitrogens is 1. The SMILES string of the molecule is Cc1ccc(Nc2cc(Nc3ccc(C)cc3)nc(N(C)C)c2)cc1. The highest BCUT2D eigenvalue weighted by molar-refractivity contribution is 5.69. The van der Waals surface area contributed by atoms with Crippen LogP contribution in [-0.4, -0.2) is 19.1 Å². The van der Waals surface area contributed by atoms with Gasteiger partial charge in [0.25, 0.3) is 0 Å². The van der Waals surface area contributed by atoms with E-state index >= 15 is 0 Å². The minimum absolute atomic E-state index is 0.810. The van der Waals surface area contributed by atoms with Gasteiger partial charge in [0.1, 0.15) is 11.6 Å². The standard InChI is InChI=1S/C21H24N4/c1-15-5-9-17(10-6-15)22-19-13-20(24-21(14-19)25(3)4)23-18-11-7-16(2)8-12-18/h5-14H,1-4H3,(H2,22,23,24). The maximum atomic E-state index is 4.68. The zero-order chi connectivity index (χ0) is 17.8. The molecule has 0 spiro atoms. The van der Waals surface area contributed by atoms with Gasteiger partial charge in [-0.1, -0.05) is 35.4 Å². The van der Waals surface area contributed by atoms with Gasteiger partial charge in [-0.2, -0.15) is 0 Å². The van der Waals surface area contributed by atoms with Crippen molar-refractivity contribution >= 4 is 28.7 Å². The van der Waals surface area contributed by atoms with Crippen LogP contribution in [0.1, 0.15) is 11.1 Å². The van der Waals surface area contributed by atoms with Crippen LogP contribution >= 0.6 is 0 Å². The van der Waals surface area contributed by atoms with E-state index in [4.69, 9.17) is 0 Å². The summed E-state index contributed by atoms with van der Waals surface area (Å²) in [5.41, 5.74) is 5.56. The van der Waals surface area contributed by atoms with Crippen molar-refractivity contribution in [2.24, 2.45) is 0 Å². The summed E-state index contributed by atoms with van der Waals surface area (Å²) >= 11 is 0. The molecule has 4 heteroatoms. The highest BCUT2D eigenvalue weighted by Crippen LogP contribution is 2.26. The first-order chi connectivity index (χ1) is 12.0. The number of nitrogens with zero attached hydrogens (tertiary/aromatic N) is 2. The van der Waals surface area contributed by atoms with Crippen molar-refractivity contribution in [1.29, 1.82) is 0 Å². The summed E-state index contributed by atoms with van der Waals surface area (Å²) in [6, 6.07) is 20.7. The van der Waals surface area contributed by atoms with E-state index in [9.17, 15) is 0 Å². The number of nitrogens with one attached hydrogen (secondary N) is 2. The number of rotatable bonds is 5. The Hall–Kier alpha value is -3.01. The molecule has 0 unspecified atom stereocenters. The van der Waals surface area contributed by atoms with Crippen molar-refractivity contribution < 1.29 is 0 Å². The molecule has 0 saturated heterocycles. The fourth-order valence-corrected chi connectivity index (χ4v) is 2.47. The Morgan fingerprint density at radius 2 is 1.20 bits per heavy atom. The van der Waals surface area contributed by atoms with Crippen LogP contribution in [-0.2, 0) is 0 Å². The summed E-state index contributed by atoms with van der Waals surface area (Å²) in [6.07, 6.45) is 0. The molecule has 0 saturated carbocycles. The first-order valence-electron chi connectivity index (χ1n) is 8.36. The lowest BCUT2D eigenvalue weighted by atomic mass is 10.2. The maximum absolute atomic E-state index is 4.68. The molecule has 0 amide bonds. The van der Waals surface area contributed by atoms with Crippen LogP contribution < -0.4 is 15.5 Å². The highest BCUT2D eigenvalue weighted by Gasteiger charge is 2.06. The Morgan fingerprint density at radius 3 is 1.72 bits per heavy atom. The van der Waals surface area contributed by atoms with Gasteiger partial charge in [-0.25, -0.2) is 4.98 Å². The smallest absolute Gasteiger partial charge is 0.134 e. The van der Waals surface area contributed by atoms with Gasteiger partial charge in [-0.05, 0) is 38.1 Å². The quantitative estimate of drug-likeness (QED) is 0.669. The lowest BCUT2D eigenvalue weighted by Gasteiger charge is -2.17. The van der Waals surface area contributed by atoms with Gasteiger partial charge >= 0.3 is 0 Å². The van der Waals surface area contributed by atoms with Crippen LogP contribution in [0.25, 0.3) is 0 Å². The van der Waals surface area contributed by atoms with Crippen molar-refractivity contribution in [2.75, 3.05) is 29.6 Å². The van der Waals surface area contributed by atoms with Crippen LogP contribution in [0.4, 0.5) is 28.7 Å². The van der Waals surface area contributed by atoms with Crippen LogP contribution in [0.5, 0.6) is 0 Å². The monoisotopic (exact) mass is 332 g/mol. The average molecular weight is 332 g/mol. The molecular formula is C21H24N4. The Kier molecular flexibility index (Phi) is 4.89. The molecule has 0 radical (unpaired) electrons. The Balaban J connectivity index is 1.88. The maximum Gasteiger partial charge on any atom is 0.134 e. The van der Waals surface area contributed by atoms with Crippen LogP contribution in [0, 0.1) is 13.8 Å². The van der Waals surface area contributed by atoms with E-state index < -0.39 is 0 Å². The lowest BCUT2D eigenvalue weighted by molar-refractivity contribution is 1.07. The number of hydrogen-bond donors (Lipinski definition) is 2. The topological polar surface area (TPSA) is 40.2 Å². The summed E-state index contributed by atoms with van der Waals surface area (Å²) in [5.74, 6) is 1.70. The second-order valence-electron chi connectivity index (χ2n) is 6.48. The number of hydrogen-bond acceptors (Lipinski definition) is 4. The molecule has 2 N–H and O–H groups in total. The van der Waals surface area contributed by atoms with E-state index in [0.717, 1.165) is 28.7 Å². The van der Waals surface area contributed by atoms with Gasteiger partial charge in [-0.3, -0.25) is 0 Å². The molecule has 0 fully saturated rings. The van der Waals surface area contributed by atoms with E-state index in [1.54, 1.807) is 0 Å². The Labute approximate surface area is 149 Å². The first kappa shape index (κ1) is 16.8. The number of anilines is 5. The zero-order valence-corrected chi connectivity index (χ0v) is 15.2. The molecule has 128 valence electrons. The van der Waals surface area contributed by atoms with E-state index in [0.29, 0.717) is 0 Å². The molecule has 4 nitrogen and oxygen atoms in total. The van der Waals surface area contributed by atoms with Crippen molar-refractivity contribution in [3.63, 3.8) is 0 Å². The van der Waals surface area contributed by atoms with Gasteiger partial charge in [0, 0.05) is 43.3 Å². The highest BCUT2D eigenvalue weighted by atomic mass is 15.2. The average Bonchev–Trinajstić information content (AvgIpc) is 2.59. The molecule has 0 aliphatic carbocycles.